The molecule has 1 aliphatic rings. The van der Waals surface area contributed by atoms with Crippen LogP contribution in [0.5, 0.6) is 0 Å². The van der Waals surface area contributed by atoms with Gasteiger partial charge in [-0.15, -0.1) is 0 Å². The van der Waals surface area contributed by atoms with Gasteiger partial charge in [0.2, 0.25) is 0 Å². The Balaban J connectivity index is 1.99. The second kappa shape index (κ2) is 5.15. The zero-order valence-electron chi connectivity index (χ0n) is 10.2. The zero-order chi connectivity index (χ0) is 11.4. The zero-order valence-corrected chi connectivity index (χ0v) is 10.2. The van der Waals surface area contributed by atoms with E-state index >= 15 is 0 Å². The van der Waals surface area contributed by atoms with Gasteiger partial charge in [-0.25, -0.2) is 0 Å². The summed E-state index contributed by atoms with van der Waals surface area (Å²) in [4.78, 5) is 6.77. The summed E-state index contributed by atoms with van der Waals surface area (Å²) >= 11 is 0. The normalized spacial score (nSPS) is 14.3. The number of anilines is 1. The van der Waals surface area contributed by atoms with E-state index in [0.717, 1.165) is 19.1 Å². The first-order valence-corrected chi connectivity index (χ1v) is 6.11. The second-order valence-electron chi connectivity index (χ2n) is 4.81. The fraction of sp³-hybridized carbons (Fsp3) is 0.500. The molecular weight excluding hydrogens is 196 g/mol. The predicted octanol–water partition coefficient (Wildman–Crippen LogP) is 3.32. The van der Waals surface area contributed by atoms with Crippen molar-refractivity contribution >= 4 is 11.9 Å². The van der Waals surface area contributed by atoms with Crippen molar-refractivity contribution in [3.05, 3.63) is 29.8 Å². The monoisotopic (exact) mass is 216 g/mol. The number of hydrogen-bond donors (Lipinski definition) is 0. The highest BCUT2D eigenvalue weighted by atomic mass is 15.2. The van der Waals surface area contributed by atoms with Gasteiger partial charge >= 0.3 is 0 Å². The van der Waals surface area contributed by atoms with Crippen LogP contribution < -0.4 is 4.90 Å². The van der Waals surface area contributed by atoms with E-state index in [-0.39, 0.29) is 0 Å². The van der Waals surface area contributed by atoms with Crippen molar-refractivity contribution in [3.8, 4) is 0 Å². The summed E-state index contributed by atoms with van der Waals surface area (Å²) in [6, 6.07) is 8.50. The third-order valence-corrected chi connectivity index (χ3v) is 2.97. The molecule has 2 heteroatoms. The van der Waals surface area contributed by atoms with Crippen LogP contribution in [0.25, 0.3) is 0 Å². The molecule has 2 rings (SSSR count). The van der Waals surface area contributed by atoms with Gasteiger partial charge in [-0.2, -0.15) is 0 Å². The molecule has 0 saturated carbocycles. The highest BCUT2D eigenvalue weighted by molar-refractivity contribution is 5.89. The Hall–Kier alpha value is -1.31. The van der Waals surface area contributed by atoms with Crippen molar-refractivity contribution < 1.29 is 0 Å². The summed E-state index contributed by atoms with van der Waals surface area (Å²) in [5.41, 5.74) is 2.58. The first-order chi connectivity index (χ1) is 7.77. The summed E-state index contributed by atoms with van der Waals surface area (Å²) in [6.45, 7) is 6.49. The van der Waals surface area contributed by atoms with Crippen molar-refractivity contribution in [3.63, 3.8) is 0 Å². The van der Waals surface area contributed by atoms with Crippen LogP contribution >= 0.6 is 0 Å². The van der Waals surface area contributed by atoms with E-state index in [0.29, 0.717) is 0 Å². The molecule has 0 aliphatic carbocycles. The Morgan fingerprint density at radius 3 is 2.94 bits per heavy atom. The Bertz CT molecular complexity index is 369. The van der Waals surface area contributed by atoms with E-state index in [9.17, 15) is 0 Å². The molecule has 2 nitrogen and oxygen atoms in total. The van der Waals surface area contributed by atoms with Crippen molar-refractivity contribution in [2.75, 3.05) is 18.1 Å². The average molecular weight is 216 g/mol. The average Bonchev–Trinajstić information content (AvgIpc) is 2.29. The molecule has 86 valence electrons. The number of rotatable bonds is 4. The molecule has 0 fully saturated rings. The predicted molar refractivity (Wildman–Crippen MR) is 70.3 cm³/mol. The van der Waals surface area contributed by atoms with E-state index in [1.165, 1.54) is 24.1 Å². The van der Waals surface area contributed by atoms with Gasteiger partial charge in [-0.05, 0) is 24.8 Å². The maximum absolute atomic E-state index is 4.40. The summed E-state index contributed by atoms with van der Waals surface area (Å²) in [5.74, 6) is 0.795. The molecular formula is C14H20N2. The highest BCUT2D eigenvalue weighted by Crippen LogP contribution is 2.22. The number of para-hydroxylation sites is 1. The maximum Gasteiger partial charge on any atom is 0.110 e. The minimum atomic E-state index is 0.795. The van der Waals surface area contributed by atoms with Gasteiger partial charge in [0.05, 0.1) is 0 Å². The molecule has 1 heterocycles. The Kier molecular flexibility index (Phi) is 3.60. The molecule has 0 amide bonds. The molecule has 1 aliphatic heterocycles. The minimum Gasteiger partial charge on any atom is -0.352 e. The van der Waals surface area contributed by atoms with E-state index in [1.54, 1.807) is 0 Å². The number of aliphatic imine (C=N–C) groups is 1. The van der Waals surface area contributed by atoms with Gasteiger partial charge in [0.1, 0.15) is 6.67 Å². The molecule has 1 aromatic carbocycles. The quantitative estimate of drug-likeness (QED) is 0.754. The summed E-state index contributed by atoms with van der Waals surface area (Å²) in [5, 5.41) is 0. The van der Waals surface area contributed by atoms with Crippen LogP contribution in [0.2, 0.25) is 0 Å². The van der Waals surface area contributed by atoms with Crippen molar-refractivity contribution in [1.29, 1.82) is 0 Å². The van der Waals surface area contributed by atoms with Gasteiger partial charge in [0, 0.05) is 24.0 Å². The molecule has 16 heavy (non-hydrogen) atoms. The van der Waals surface area contributed by atoms with E-state index in [1.807, 2.05) is 6.21 Å². The number of fused-ring (bicyclic) bond motifs is 1. The lowest BCUT2D eigenvalue weighted by Gasteiger charge is -2.27. The molecule has 0 radical (unpaired) electrons. The molecule has 0 atom stereocenters. The van der Waals surface area contributed by atoms with Crippen LogP contribution in [-0.4, -0.2) is 19.4 Å². The smallest absolute Gasteiger partial charge is 0.110 e. The second-order valence-corrected chi connectivity index (χ2v) is 4.81. The summed E-state index contributed by atoms with van der Waals surface area (Å²) in [6.07, 6.45) is 4.53. The summed E-state index contributed by atoms with van der Waals surface area (Å²) in [7, 11) is 0. The lowest BCUT2D eigenvalue weighted by molar-refractivity contribution is 0.550. The maximum atomic E-state index is 4.40. The molecule has 0 spiro atoms. The first kappa shape index (κ1) is 11.2. The topological polar surface area (TPSA) is 15.6 Å². The lowest BCUT2D eigenvalue weighted by atomic mass is 10.1. The molecule has 1 aromatic rings. The van der Waals surface area contributed by atoms with Crippen LogP contribution in [0.1, 0.15) is 32.3 Å². The van der Waals surface area contributed by atoms with Gasteiger partial charge in [-0.1, -0.05) is 32.0 Å². The third kappa shape index (κ3) is 2.63. The SMILES string of the molecule is CC(C)CCCN1CN=Cc2ccccc21. The largest absolute Gasteiger partial charge is 0.352 e. The van der Waals surface area contributed by atoms with Crippen molar-refractivity contribution in [2.45, 2.75) is 26.7 Å². The Morgan fingerprint density at radius 1 is 1.31 bits per heavy atom. The fourth-order valence-corrected chi connectivity index (χ4v) is 2.08. The summed E-state index contributed by atoms with van der Waals surface area (Å²) < 4.78 is 0. The van der Waals surface area contributed by atoms with E-state index < -0.39 is 0 Å². The standard InChI is InChI=1S/C14H20N2/c1-12(2)6-5-9-16-11-15-10-13-7-3-4-8-14(13)16/h3-4,7-8,10,12H,5-6,9,11H2,1-2H3. The van der Waals surface area contributed by atoms with Crippen molar-refractivity contribution in [2.24, 2.45) is 10.9 Å². The Morgan fingerprint density at radius 2 is 2.12 bits per heavy atom. The van der Waals surface area contributed by atoms with Crippen LogP contribution in [0.3, 0.4) is 0 Å². The number of benzene rings is 1. The van der Waals surface area contributed by atoms with Crippen molar-refractivity contribution in [1.82, 2.24) is 0 Å². The highest BCUT2D eigenvalue weighted by Gasteiger charge is 2.12. The van der Waals surface area contributed by atoms with Gasteiger partial charge in [0.25, 0.3) is 0 Å². The van der Waals surface area contributed by atoms with Crippen LogP contribution in [0, 0.1) is 5.92 Å². The molecule has 0 saturated heterocycles. The van der Waals surface area contributed by atoms with E-state index in [4.69, 9.17) is 0 Å². The van der Waals surface area contributed by atoms with Crippen LogP contribution in [-0.2, 0) is 0 Å². The van der Waals surface area contributed by atoms with E-state index in [2.05, 4.69) is 48.0 Å². The van der Waals surface area contributed by atoms with Gasteiger partial charge < -0.3 is 4.90 Å². The minimum absolute atomic E-state index is 0.795. The molecule has 0 unspecified atom stereocenters. The molecule has 0 N–H and O–H groups in total. The fourth-order valence-electron chi connectivity index (χ4n) is 2.08. The molecule has 0 bridgehead atoms. The first-order valence-electron chi connectivity index (χ1n) is 6.11. The lowest BCUT2D eigenvalue weighted by Crippen LogP contribution is -2.28. The number of hydrogen-bond acceptors (Lipinski definition) is 2. The van der Waals surface area contributed by atoms with Crippen LogP contribution in [0.15, 0.2) is 29.3 Å². The third-order valence-electron chi connectivity index (χ3n) is 2.97. The van der Waals surface area contributed by atoms with Gasteiger partial charge in [-0.3, -0.25) is 4.99 Å². The number of nitrogens with zero attached hydrogens (tertiary/aromatic N) is 2. The van der Waals surface area contributed by atoms with Gasteiger partial charge in [0.15, 0.2) is 0 Å². The molecule has 0 aromatic heterocycles. The van der Waals surface area contributed by atoms with Crippen LogP contribution in [0.4, 0.5) is 5.69 Å². The Labute approximate surface area is 98.0 Å².